The number of carbonyl (C=O) groups is 1. The lowest BCUT2D eigenvalue weighted by Gasteiger charge is -2.38. The molecule has 0 radical (unpaired) electrons. The molecule has 1 aromatic heterocycles. The predicted molar refractivity (Wildman–Crippen MR) is 133 cm³/mol. The van der Waals surface area contributed by atoms with Crippen molar-refractivity contribution >= 4 is 23.4 Å². The van der Waals surface area contributed by atoms with Crippen LogP contribution in [0, 0.1) is 11.3 Å². The number of Topliss-reactive ketones (excluding diaryl/α,β-unsaturated/α-hetero) is 1. The van der Waals surface area contributed by atoms with E-state index in [4.69, 9.17) is 9.72 Å². The van der Waals surface area contributed by atoms with Gasteiger partial charge >= 0.3 is 0 Å². The molecule has 2 N–H and O–H groups in total. The molecule has 0 spiro atoms. The predicted octanol–water partition coefficient (Wildman–Crippen LogP) is 5.51. The molecule has 2 aromatic rings. The number of carbonyl (C=O) groups excluding carboxylic acids is 1. The Balaban J connectivity index is 1.81. The first-order valence-corrected chi connectivity index (χ1v) is 12.7. The summed E-state index contributed by atoms with van der Waals surface area (Å²) in [6.07, 6.45) is 2.14. The third kappa shape index (κ3) is 5.03. The van der Waals surface area contributed by atoms with Gasteiger partial charge in [-0.3, -0.25) is 9.59 Å². The number of anilines is 1. The van der Waals surface area contributed by atoms with Gasteiger partial charge in [-0.2, -0.15) is 0 Å². The number of allylic oxidation sites excluding steroid dienone is 2. The Kier molecular flexibility index (Phi) is 6.71. The summed E-state index contributed by atoms with van der Waals surface area (Å²) in [5.41, 5.74) is 2.66. The van der Waals surface area contributed by atoms with Gasteiger partial charge in [-0.1, -0.05) is 58.5 Å². The Morgan fingerprint density at radius 1 is 1.18 bits per heavy atom. The van der Waals surface area contributed by atoms with Crippen molar-refractivity contribution in [2.75, 3.05) is 17.7 Å². The third-order valence-electron chi connectivity index (χ3n) is 5.94. The monoisotopic (exact) mass is 467 g/mol. The molecular formula is C26H33N3O3S. The van der Waals surface area contributed by atoms with Crippen LogP contribution >= 0.6 is 11.8 Å². The highest BCUT2D eigenvalue weighted by Crippen LogP contribution is 2.47. The second-order valence-corrected chi connectivity index (χ2v) is 11.2. The van der Waals surface area contributed by atoms with E-state index < -0.39 is 5.92 Å². The molecule has 4 rings (SSSR count). The number of hydrogen-bond donors (Lipinski definition) is 2. The average molecular weight is 468 g/mol. The van der Waals surface area contributed by atoms with Gasteiger partial charge < -0.3 is 15.0 Å². The van der Waals surface area contributed by atoms with Gasteiger partial charge in [-0.25, -0.2) is 4.98 Å². The molecule has 176 valence electrons. The number of H-pyrrole nitrogens is 1. The van der Waals surface area contributed by atoms with Gasteiger partial charge in [0.1, 0.15) is 11.6 Å². The van der Waals surface area contributed by atoms with Crippen LogP contribution in [0.4, 0.5) is 5.82 Å². The van der Waals surface area contributed by atoms with Crippen LogP contribution in [-0.4, -0.2) is 28.1 Å². The van der Waals surface area contributed by atoms with E-state index in [9.17, 15) is 9.59 Å². The third-order valence-corrected chi connectivity index (χ3v) is 7.24. The minimum Gasteiger partial charge on any atom is -0.494 e. The number of hydrogen-bond acceptors (Lipinski definition) is 6. The lowest BCUT2D eigenvalue weighted by molar-refractivity contribution is -0.118. The largest absolute Gasteiger partial charge is 0.494 e. The smallest absolute Gasteiger partial charge is 0.257 e. The molecule has 7 heteroatoms. The fourth-order valence-electron chi connectivity index (χ4n) is 4.52. The number of aromatic amines is 1. The van der Waals surface area contributed by atoms with Crippen molar-refractivity contribution in [2.45, 2.75) is 65.0 Å². The van der Waals surface area contributed by atoms with Crippen LogP contribution in [0.3, 0.4) is 0 Å². The Hall–Kier alpha value is -2.54. The summed E-state index contributed by atoms with van der Waals surface area (Å²) in [5, 5.41) is 3.99. The average Bonchev–Trinajstić information content (AvgIpc) is 2.74. The number of thioether (sulfide) groups is 1. The zero-order chi connectivity index (χ0) is 23.8. The lowest BCUT2D eigenvalue weighted by Crippen LogP contribution is -2.37. The molecule has 1 atom stereocenters. The van der Waals surface area contributed by atoms with Crippen LogP contribution in [0.25, 0.3) is 0 Å². The number of nitrogens with zero attached hydrogens (tertiary/aromatic N) is 1. The number of rotatable bonds is 7. The molecule has 0 saturated carbocycles. The van der Waals surface area contributed by atoms with Crippen molar-refractivity contribution < 1.29 is 9.53 Å². The first-order valence-electron chi connectivity index (χ1n) is 11.7. The van der Waals surface area contributed by atoms with E-state index in [1.807, 2.05) is 24.3 Å². The second-order valence-electron chi connectivity index (χ2n) is 10.1. The maximum Gasteiger partial charge on any atom is 0.257 e. The van der Waals surface area contributed by atoms with E-state index in [1.165, 1.54) is 0 Å². The Morgan fingerprint density at radius 3 is 2.58 bits per heavy atom. The fraction of sp³-hybridized carbons (Fsp3) is 0.500. The Labute approximate surface area is 199 Å². The SMILES string of the molecule is CCCOc1ccc(C2C3=C(CC(C)(C)CC3=O)Nc3nc(SCC(C)C)[nH]c(=O)c32)cc1. The van der Waals surface area contributed by atoms with Crippen LogP contribution in [0.1, 0.15) is 70.9 Å². The van der Waals surface area contributed by atoms with Crippen LogP contribution < -0.4 is 15.6 Å². The van der Waals surface area contributed by atoms with Crippen LogP contribution in [0.2, 0.25) is 0 Å². The molecule has 2 heterocycles. The van der Waals surface area contributed by atoms with Gasteiger partial charge in [-0.15, -0.1) is 0 Å². The number of aromatic nitrogens is 2. The summed E-state index contributed by atoms with van der Waals surface area (Å²) in [4.78, 5) is 34.4. The number of ketones is 1. The molecule has 1 aromatic carbocycles. The molecule has 1 aliphatic carbocycles. The molecule has 1 unspecified atom stereocenters. The second kappa shape index (κ2) is 9.37. The molecule has 1 aliphatic heterocycles. The molecule has 0 amide bonds. The minimum absolute atomic E-state index is 0.0911. The quantitative estimate of drug-likeness (QED) is 0.413. The summed E-state index contributed by atoms with van der Waals surface area (Å²) < 4.78 is 5.73. The van der Waals surface area contributed by atoms with Gasteiger partial charge in [0.05, 0.1) is 12.2 Å². The van der Waals surface area contributed by atoms with Gasteiger partial charge in [0.2, 0.25) is 0 Å². The van der Waals surface area contributed by atoms with E-state index >= 15 is 0 Å². The fourth-order valence-corrected chi connectivity index (χ4v) is 5.33. The summed E-state index contributed by atoms with van der Waals surface area (Å²) in [6, 6.07) is 7.75. The summed E-state index contributed by atoms with van der Waals surface area (Å²) in [7, 11) is 0. The van der Waals surface area contributed by atoms with E-state index in [0.29, 0.717) is 41.1 Å². The number of nitrogens with one attached hydrogen (secondary N) is 2. The summed E-state index contributed by atoms with van der Waals surface area (Å²) in [5.74, 6) is 2.34. The Morgan fingerprint density at radius 2 is 1.91 bits per heavy atom. The van der Waals surface area contributed by atoms with Gasteiger partial charge in [0.25, 0.3) is 5.56 Å². The highest BCUT2D eigenvalue weighted by molar-refractivity contribution is 7.99. The number of ether oxygens (including phenoxy) is 1. The molecule has 6 nitrogen and oxygen atoms in total. The van der Waals surface area contributed by atoms with E-state index in [2.05, 4.69) is 44.9 Å². The maximum absolute atomic E-state index is 13.3. The van der Waals surface area contributed by atoms with Crippen LogP contribution in [0.15, 0.2) is 45.5 Å². The number of fused-ring (bicyclic) bond motifs is 1. The maximum atomic E-state index is 13.3. The number of benzene rings is 1. The van der Waals surface area contributed by atoms with Gasteiger partial charge in [-0.05, 0) is 41.9 Å². The Bertz CT molecular complexity index is 1130. The molecular weight excluding hydrogens is 434 g/mol. The summed E-state index contributed by atoms with van der Waals surface area (Å²) >= 11 is 1.55. The molecule has 0 fully saturated rings. The van der Waals surface area contributed by atoms with Gasteiger partial charge in [0, 0.05) is 29.4 Å². The van der Waals surface area contributed by atoms with Crippen LogP contribution in [0.5, 0.6) is 5.75 Å². The zero-order valence-corrected chi connectivity index (χ0v) is 20.9. The minimum atomic E-state index is -0.444. The molecule has 2 aliphatic rings. The first kappa shape index (κ1) is 23.6. The molecule has 33 heavy (non-hydrogen) atoms. The van der Waals surface area contributed by atoms with Crippen molar-refractivity contribution in [3.8, 4) is 5.75 Å². The first-order chi connectivity index (χ1) is 15.7. The highest BCUT2D eigenvalue weighted by Gasteiger charge is 2.42. The van der Waals surface area contributed by atoms with E-state index in [-0.39, 0.29) is 16.8 Å². The van der Waals surface area contributed by atoms with Crippen molar-refractivity contribution in [3.63, 3.8) is 0 Å². The van der Waals surface area contributed by atoms with Crippen molar-refractivity contribution in [1.82, 2.24) is 9.97 Å². The topological polar surface area (TPSA) is 84.1 Å². The van der Waals surface area contributed by atoms with Crippen molar-refractivity contribution in [3.05, 3.63) is 57.0 Å². The lowest BCUT2D eigenvalue weighted by atomic mass is 9.69. The molecule has 0 bridgehead atoms. The van der Waals surface area contributed by atoms with Crippen molar-refractivity contribution in [1.29, 1.82) is 0 Å². The normalized spacial score (nSPS) is 19.2. The standard InChI is InChI=1S/C26H33N3O3S/c1-6-11-32-17-9-7-16(8-10-17)20-21-18(12-26(4,5)13-19(21)30)27-23-22(20)24(31)29-25(28-23)33-14-15(2)3/h7-10,15,20H,6,11-14H2,1-5H3,(H2,27,28,29,31). The van der Waals surface area contributed by atoms with E-state index in [1.54, 1.807) is 11.8 Å². The van der Waals surface area contributed by atoms with Crippen LogP contribution in [-0.2, 0) is 4.79 Å². The highest BCUT2D eigenvalue weighted by atomic mass is 32.2. The molecule has 0 saturated heterocycles. The van der Waals surface area contributed by atoms with Crippen molar-refractivity contribution in [2.24, 2.45) is 11.3 Å². The zero-order valence-electron chi connectivity index (χ0n) is 20.1. The van der Waals surface area contributed by atoms with Gasteiger partial charge in [0.15, 0.2) is 10.9 Å². The summed E-state index contributed by atoms with van der Waals surface area (Å²) in [6.45, 7) is 11.2. The van der Waals surface area contributed by atoms with E-state index in [0.717, 1.165) is 35.6 Å².